The first-order chi connectivity index (χ1) is 19.8. The van der Waals surface area contributed by atoms with Gasteiger partial charge in [-0.1, -0.05) is 18.8 Å². The monoisotopic (exact) mass is 606 g/mol. The Hall–Kier alpha value is -2.73. The molecule has 0 aliphatic heterocycles. The number of rotatable bonds is 13. The predicted octanol–water partition coefficient (Wildman–Crippen LogP) is 4.87. The van der Waals surface area contributed by atoms with Crippen molar-refractivity contribution in [1.29, 1.82) is 0 Å². The van der Waals surface area contributed by atoms with Crippen LogP contribution in [0.15, 0.2) is 16.5 Å². The summed E-state index contributed by atoms with van der Waals surface area (Å²) in [4.78, 5) is 38.4. The van der Waals surface area contributed by atoms with Crippen LogP contribution in [0.4, 0.5) is 0 Å². The largest absolute Gasteiger partial charge is 0.459 e. The van der Waals surface area contributed by atoms with E-state index in [0.29, 0.717) is 70.4 Å². The number of fused-ring (bicyclic) bond motifs is 1. The minimum Gasteiger partial charge on any atom is -0.459 e. The Morgan fingerprint density at radius 3 is 2.54 bits per heavy atom. The van der Waals surface area contributed by atoms with Gasteiger partial charge in [0.2, 0.25) is 11.8 Å². The van der Waals surface area contributed by atoms with Gasteiger partial charge in [0, 0.05) is 49.9 Å². The molecule has 1 heterocycles. The second-order valence-electron chi connectivity index (χ2n) is 10.6. The van der Waals surface area contributed by atoms with Crippen molar-refractivity contribution < 1.29 is 28.6 Å². The number of aryl methyl sites for hydroxylation is 1. The molecule has 3 rings (SSSR count). The summed E-state index contributed by atoms with van der Waals surface area (Å²) in [7, 11) is 0. The van der Waals surface area contributed by atoms with Crippen LogP contribution < -0.4 is 10.6 Å². The van der Waals surface area contributed by atoms with Crippen LogP contribution in [0.1, 0.15) is 86.0 Å². The number of carbonyl (C=O) groups is 3. The number of ether oxygens (including phenoxy) is 1. The molecule has 0 bridgehead atoms. The van der Waals surface area contributed by atoms with Crippen LogP contribution >= 0.6 is 23.2 Å². The van der Waals surface area contributed by atoms with Crippen molar-refractivity contribution in [2.45, 2.75) is 83.8 Å². The second kappa shape index (κ2) is 16.6. The highest BCUT2D eigenvalue weighted by atomic mass is 35.5. The van der Waals surface area contributed by atoms with E-state index in [1.54, 1.807) is 6.07 Å². The van der Waals surface area contributed by atoms with Crippen molar-refractivity contribution >= 4 is 52.0 Å². The van der Waals surface area contributed by atoms with Gasteiger partial charge in [0.05, 0.1) is 12.2 Å². The van der Waals surface area contributed by atoms with Gasteiger partial charge in [-0.15, -0.1) is 23.2 Å². The number of hydrogen-bond acceptors (Lipinski definition) is 6. The lowest BCUT2D eigenvalue weighted by Gasteiger charge is -2.26. The summed E-state index contributed by atoms with van der Waals surface area (Å²) in [5.74, 6) is 7.06. The highest BCUT2D eigenvalue weighted by Crippen LogP contribution is 2.34. The van der Waals surface area contributed by atoms with Crippen LogP contribution in [0.3, 0.4) is 0 Å². The van der Waals surface area contributed by atoms with Gasteiger partial charge in [-0.3, -0.25) is 9.59 Å². The maximum Gasteiger partial charge on any atom is 0.342 e. The van der Waals surface area contributed by atoms with Gasteiger partial charge in [-0.2, -0.15) is 0 Å². The van der Waals surface area contributed by atoms with Gasteiger partial charge >= 0.3 is 5.97 Å². The second-order valence-corrected chi connectivity index (χ2v) is 11.3. The lowest BCUT2D eigenvalue weighted by Crippen LogP contribution is -2.48. The lowest BCUT2D eigenvalue weighted by atomic mass is 9.89. The third kappa shape index (κ3) is 9.66. The van der Waals surface area contributed by atoms with E-state index in [4.69, 9.17) is 37.5 Å². The Bertz CT molecular complexity index is 1260. The standard InChI is InChI=1S/C31H40Cl2N2O6/c1-20-9-11-24(12-10-20)40-31(39)28-25-18-22(19-26(35-21(2)37)30(38)34-15-16-36)17-23(7-4-3-5-13-32)29(25)41-27(28)8-6-14-33/h17-18,20,24,26,36H,3,5-6,8-16,19H2,1-2H3,(H,34,38)(H,35,37)/t20?,24?,26-/m0/s1. The van der Waals surface area contributed by atoms with Crippen LogP contribution in [-0.4, -0.2) is 59.9 Å². The average Bonchev–Trinajstić information content (AvgIpc) is 3.32. The van der Waals surface area contributed by atoms with Crippen molar-refractivity contribution in [3.8, 4) is 11.8 Å². The summed E-state index contributed by atoms with van der Waals surface area (Å²) >= 11 is 11.8. The van der Waals surface area contributed by atoms with Crippen molar-refractivity contribution in [1.82, 2.24) is 10.6 Å². The molecule has 1 fully saturated rings. The minimum absolute atomic E-state index is 0.0623. The van der Waals surface area contributed by atoms with Gasteiger partial charge in [-0.25, -0.2) is 4.79 Å². The number of furan rings is 1. The molecule has 10 heteroatoms. The summed E-state index contributed by atoms with van der Waals surface area (Å²) in [5.41, 5.74) is 2.08. The Morgan fingerprint density at radius 1 is 1.15 bits per heavy atom. The first-order valence-corrected chi connectivity index (χ1v) is 15.4. The van der Waals surface area contributed by atoms with Crippen molar-refractivity contribution in [3.63, 3.8) is 0 Å². The summed E-state index contributed by atoms with van der Waals surface area (Å²) in [5, 5.41) is 15.0. The third-order valence-corrected chi connectivity index (χ3v) is 7.64. The molecule has 1 atom stereocenters. The maximum absolute atomic E-state index is 13.7. The van der Waals surface area contributed by atoms with E-state index in [1.165, 1.54) is 6.92 Å². The maximum atomic E-state index is 13.7. The molecule has 2 aromatic rings. The number of esters is 1. The van der Waals surface area contributed by atoms with Crippen molar-refractivity contribution in [2.24, 2.45) is 5.92 Å². The van der Waals surface area contributed by atoms with E-state index >= 15 is 0 Å². The number of amides is 2. The highest BCUT2D eigenvalue weighted by molar-refractivity contribution is 6.18. The molecule has 0 radical (unpaired) electrons. The molecule has 1 aromatic carbocycles. The molecule has 1 saturated carbocycles. The van der Waals surface area contributed by atoms with Crippen LogP contribution in [0, 0.1) is 17.8 Å². The van der Waals surface area contributed by atoms with Crippen LogP contribution in [-0.2, 0) is 27.2 Å². The lowest BCUT2D eigenvalue weighted by molar-refractivity contribution is -0.128. The third-order valence-electron chi connectivity index (χ3n) is 7.10. The molecule has 3 N–H and O–H groups in total. The molecular formula is C31H40Cl2N2O6. The van der Waals surface area contributed by atoms with E-state index in [0.717, 1.165) is 32.1 Å². The average molecular weight is 608 g/mol. The van der Waals surface area contributed by atoms with Crippen LogP contribution in [0.5, 0.6) is 0 Å². The number of nitrogens with one attached hydrogen (secondary N) is 2. The van der Waals surface area contributed by atoms with E-state index in [9.17, 15) is 14.4 Å². The molecule has 0 spiro atoms. The molecular weight excluding hydrogens is 567 g/mol. The number of carbonyl (C=O) groups excluding carboxylic acids is 3. The molecule has 224 valence electrons. The minimum atomic E-state index is -0.893. The molecule has 1 aliphatic rings. The fourth-order valence-corrected chi connectivity index (χ4v) is 5.28. The van der Waals surface area contributed by atoms with Gasteiger partial charge in [0.25, 0.3) is 0 Å². The predicted molar refractivity (Wildman–Crippen MR) is 160 cm³/mol. The zero-order valence-corrected chi connectivity index (χ0v) is 25.3. The summed E-state index contributed by atoms with van der Waals surface area (Å²) in [6.45, 7) is 3.38. The zero-order valence-electron chi connectivity index (χ0n) is 23.8. The van der Waals surface area contributed by atoms with Gasteiger partial charge < -0.3 is 24.9 Å². The topological polar surface area (TPSA) is 118 Å². The molecule has 41 heavy (non-hydrogen) atoms. The molecule has 2 amide bonds. The number of aliphatic hydroxyl groups is 1. The molecule has 8 nitrogen and oxygen atoms in total. The first kappa shape index (κ1) is 32.8. The first-order valence-electron chi connectivity index (χ1n) is 14.3. The van der Waals surface area contributed by atoms with Crippen LogP contribution in [0.25, 0.3) is 11.0 Å². The van der Waals surface area contributed by atoms with E-state index in [1.807, 2.05) is 6.07 Å². The Kier molecular flexibility index (Phi) is 13.3. The number of unbranched alkanes of at least 4 members (excludes halogenated alkanes) is 1. The Labute approximate surface area is 251 Å². The summed E-state index contributed by atoms with van der Waals surface area (Å²) in [6.07, 6.45) is 6.04. The molecule has 1 aromatic heterocycles. The fraction of sp³-hybridized carbons (Fsp3) is 0.581. The number of alkyl halides is 2. The number of halogens is 2. The molecule has 0 unspecified atom stereocenters. The number of hydrogen-bond donors (Lipinski definition) is 3. The summed E-state index contributed by atoms with van der Waals surface area (Å²) in [6, 6.07) is 2.73. The van der Waals surface area contributed by atoms with E-state index in [2.05, 4.69) is 29.4 Å². The van der Waals surface area contributed by atoms with E-state index < -0.39 is 17.9 Å². The van der Waals surface area contributed by atoms with E-state index in [-0.39, 0.29) is 31.6 Å². The zero-order chi connectivity index (χ0) is 29.8. The SMILES string of the molecule is CC(=O)N[C@@H](Cc1cc(C#CCCCCl)c2oc(CCCCl)c(C(=O)OC3CCC(C)CC3)c2c1)C(=O)NCCO. The Morgan fingerprint density at radius 2 is 1.88 bits per heavy atom. The molecule has 1 aliphatic carbocycles. The quantitative estimate of drug-likeness (QED) is 0.130. The fourth-order valence-electron chi connectivity index (χ4n) is 5.01. The summed E-state index contributed by atoms with van der Waals surface area (Å²) < 4.78 is 12.3. The Balaban J connectivity index is 2.08. The number of benzene rings is 1. The van der Waals surface area contributed by atoms with Gasteiger partial charge in [0.15, 0.2) is 5.58 Å². The normalized spacial score (nSPS) is 17.4. The van der Waals surface area contributed by atoms with Gasteiger partial charge in [-0.05, 0) is 62.1 Å². The number of aliphatic hydroxyl groups excluding tert-OH is 1. The van der Waals surface area contributed by atoms with Crippen molar-refractivity contribution in [2.75, 3.05) is 24.9 Å². The molecule has 0 saturated heterocycles. The smallest absolute Gasteiger partial charge is 0.342 e. The highest BCUT2D eigenvalue weighted by Gasteiger charge is 2.29. The van der Waals surface area contributed by atoms with Crippen molar-refractivity contribution in [3.05, 3.63) is 34.6 Å². The van der Waals surface area contributed by atoms with Crippen LogP contribution in [0.2, 0.25) is 0 Å². The van der Waals surface area contributed by atoms with Gasteiger partial charge in [0.1, 0.15) is 23.5 Å².